The molecule has 128 valence electrons. The smallest absolute Gasteiger partial charge is 0.193 e. The lowest BCUT2D eigenvalue weighted by atomic mass is 10.2. The Hall–Kier alpha value is -2.63. The number of guanidine groups is 1. The predicted molar refractivity (Wildman–Crippen MR) is 91.0 cm³/mol. The molecule has 0 amide bonds. The van der Waals surface area contributed by atoms with Crippen molar-refractivity contribution in [1.29, 1.82) is 0 Å². The highest BCUT2D eigenvalue weighted by molar-refractivity contribution is 5.79. The zero-order chi connectivity index (χ0) is 17.5. The number of ether oxygens (including phenoxy) is 1. The van der Waals surface area contributed by atoms with Crippen LogP contribution in [0.1, 0.15) is 11.1 Å². The lowest BCUT2D eigenvalue weighted by Crippen LogP contribution is -2.38. The van der Waals surface area contributed by atoms with E-state index in [2.05, 4.69) is 10.3 Å². The van der Waals surface area contributed by atoms with Gasteiger partial charge in [-0.3, -0.25) is 4.99 Å². The molecule has 0 aliphatic rings. The number of hydrogen-bond donors (Lipinski definition) is 1. The fourth-order valence-electron chi connectivity index (χ4n) is 2.37. The third-order valence-corrected chi connectivity index (χ3v) is 3.55. The van der Waals surface area contributed by atoms with Crippen molar-refractivity contribution < 1.29 is 13.5 Å². The van der Waals surface area contributed by atoms with Gasteiger partial charge in [0.15, 0.2) is 17.5 Å². The fourth-order valence-corrected chi connectivity index (χ4v) is 2.37. The van der Waals surface area contributed by atoms with Gasteiger partial charge in [0.05, 0.1) is 7.11 Å². The van der Waals surface area contributed by atoms with Crippen LogP contribution < -0.4 is 10.1 Å². The van der Waals surface area contributed by atoms with Crippen LogP contribution in [0.4, 0.5) is 8.78 Å². The summed E-state index contributed by atoms with van der Waals surface area (Å²) < 4.78 is 31.9. The Bertz CT molecular complexity index is 719. The Morgan fingerprint density at radius 2 is 1.96 bits per heavy atom. The molecule has 0 saturated carbocycles. The molecular formula is C18H21F2N3O. The molecule has 0 unspecified atom stereocenters. The predicted octanol–water partition coefficient (Wildman–Crippen LogP) is 3.18. The summed E-state index contributed by atoms with van der Waals surface area (Å²) in [4.78, 5) is 6.07. The minimum atomic E-state index is -0.403. The van der Waals surface area contributed by atoms with Crippen molar-refractivity contribution in [2.75, 3.05) is 21.2 Å². The van der Waals surface area contributed by atoms with E-state index in [1.54, 1.807) is 25.2 Å². The van der Waals surface area contributed by atoms with Crippen molar-refractivity contribution in [1.82, 2.24) is 10.2 Å². The zero-order valence-corrected chi connectivity index (χ0v) is 14.0. The maximum atomic E-state index is 13.7. The number of rotatable bonds is 5. The Labute approximate surface area is 140 Å². The first-order valence-electron chi connectivity index (χ1n) is 7.52. The number of aliphatic imine (C=N–C) groups is 1. The molecule has 24 heavy (non-hydrogen) atoms. The zero-order valence-electron chi connectivity index (χ0n) is 14.0. The molecule has 2 rings (SSSR count). The van der Waals surface area contributed by atoms with Crippen LogP contribution in [0.25, 0.3) is 0 Å². The second-order valence-electron chi connectivity index (χ2n) is 5.36. The molecule has 0 heterocycles. The average Bonchev–Trinajstić information content (AvgIpc) is 2.55. The van der Waals surface area contributed by atoms with E-state index in [4.69, 9.17) is 4.74 Å². The first-order chi connectivity index (χ1) is 11.5. The van der Waals surface area contributed by atoms with E-state index >= 15 is 0 Å². The Kier molecular flexibility index (Phi) is 6.12. The van der Waals surface area contributed by atoms with E-state index in [1.165, 1.54) is 25.3 Å². The molecular weight excluding hydrogens is 312 g/mol. The Balaban J connectivity index is 1.97. The maximum absolute atomic E-state index is 13.7. The monoisotopic (exact) mass is 333 g/mol. The van der Waals surface area contributed by atoms with Gasteiger partial charge in [0.25, 0.3) is 0 Å². The van der Waals surface area contributed by atoms with Gasteiger partial charge in [-0.15, -0.1) is 0 Å². The highest BCUT2D eigenvalue weighted by atomic mass is 19.1. The molecule has 2 aromatic rings. The van der Waals surface area contributed by atoms with Gasteiger partial charge >= 0.3 is 0 Å². The third kappa shape index (κ3) is 4.68. The van der Waals surface area contributed by atoms with E-state index in [9.17, 15) is 8.78 Å². The summed E-state index contributed by atoms with van der Waals surface area (Å²) in [5.41, 5.74) is 1.62. The fraction of sp³-hybridized carbons (Fsp3) is 0.278. The summed E-state index contributed by atoms with van der Waals surface area (Å²) in [5, 5.41) is 3.16. The van der Waals surface area contributed by atoms with Gasteiger partial charge in [-0.1, -0.05) is 18.2 Å². The lowest BCUT2D eigenvalue weighted by molar-refractivity contribution is 0.386. The third-order valence-electron chi connectivity index (χ3n) is 3.55. The molecule has 2 aromatic carbocycles. The van der Waals surface area contributed by atoms with E-state index in [0.29, 0.717) is 19.0 Å². The van der Waals surface area contributed by atoms with Gasteiger partial charge < -0.3 is 15.0 Å². The van der Waals surface area contributed by atoms with E-state index in [0.717, 1.165) is 11.1 Å². The molecule has 0 saturated heterocycles. The van der Waals surface area contributed by atoms with E-state index < -0.39 is 5.82 Å². The average molecular weight is 333 g/mol. The van der Waals surface area contributed by atoms with Crippen LogP contribution in [-0.4, -0.2) is 32.1 Å². The Morgan fingerprint density at radius 1 is 1.17 bits per heavy atom. The molecule has 1 N–H and O–H groups in total. The van der Waals surface area contributed by atoms with E-state index in [-0.39, 0.29) is 11.6 Å². The number of nitrogens with zero attached hydrogens (tertiary/aromatic N) is 2. The van der Waals surface area contributed by atoms with Gasteiger partial charge in [-0.25, -0.2) is 8.78 Å². The van der Waals surface area contributed by atoms with Crippen LogP contribution >= 0.6 is 0 Å². The summed E-state index contributed by atoms with van der Waals surface area (Å²) in [6.07, 6.45) is 0. The molecule has 6 heteroatoms. The molecule has 0 bridgehead atoms. The standard InChI is InChI=1S/C18H21F2N3O/c1-21-18(23(2)12-14-5-4-6-15(19)9-14)22-11-13-7-8-17(24-3)16(20)10-13/h4-10H,11-12H2,1-3H3,(H,21,22). The van der Waals surface area contributed by atoms with Crippen molar-refractivity contribution in [2.24, 2.45) is 4.99 Å². The summed E-state index contributed by atoms with van der Waals surface area (Å²) in [5.74, 6) is 0.180. The maximum Gasteiger partial charge on any atom is 0.193 e. The summed E-state index contributed by atoms with van der Waals surface area (Å²) in [6, 6.07) is 11.2. The largest absolute Gasteiger partial charge is 0.494 e. The topological polar surface area (TPSA) is 36.9 Å². The van der Waals surface area contributed by atoms with Gasteiger partial charge in [-0.2, -0.15) is 0 Å². The lowest BCUT2D eigenvalue weighted by Gasteiger charge is -2.22. The summed E-state index contributed by atoms with van der Waals surface area (Å²) >= 11 is 0. The minimum absolute atomic E-state index is 0.214. The summed E-state index contributed by atoms with van der Waals surface area (Å²) in [6.45, 7) is 0.926. The SMILES string of the molecule is CN=C(NCc1ccc(OC)c(F)c1)N(C)Cc1cccc(F)c1. The van der Waals surface area contributed by atoms with Gasteiger partial charge in [0, 0.05) is 27.2 Å². The van der Waals surface area contributed by atoms with Crippen molar-refractivity contribution in [3.05, 3.63) is 65.2 Å². The van der Waals surface area contributed by atoms with Gasteiger partial charge in [0.2, 0.25) is 0 Å². The normalized spacial score (nSPS) is 11.3. The molecule has 0 fully saturated rings. The minimum Gasteiger partial charge on any atom is -0.494 e. The van der Waals surface area contributed by atoms with Crippen molar-refractivity contribution in [3.63, 3.8) is 0 Å². The molecule has 0 spiro atoms. The van der Waals surface area contributed by atoms with Gasteiger partial charge in [-0.05, 0) is 35.4 Å². The molecule has 0 aliphatic heterocycles. The highest BCUT2D eigenvalue weighted by Gasteiger charge is 2.08. The number of halogens is 2. The molecule has 0 atom stereocenters. The van der Waals surface area contributed by atoms with Gasteiger partial charge in [0.1, 0.15) is 5.82 Å². The van der Waals surface area contributed by atoms with Crippen molar-refractivity contribution >= 4 is 5.96 Å². The second-order valence-corrected chi connectivity index (χ2v) is 5.36. The molecule has 0 radical (unpaired) electrons. The number of benzene rings is 2. The van der Waals surface area contributed by atoms with Crippen molar-refractivity contribution in [3.8, 4) is 5.75 Å². The first-order valence-corrected chi connectivity index (χ1v) is 7.52. The molecule has 0 aromatic heterocycles. The summed E-state index contributed by atoms with van der Waals surface area (Å²) in [7, 11) is 4.95. The van der Waals surface area contributed by atoms with Crippen LogP contribution in [0.2, 0.25) is 0 Å². The number of nitrogens with one attached hydrogen (secondary N) is 1. The van der Waals surface area contributed by atoms with Crippen molar-refractivity contribution in [2.45, 2.75) is 13.1 Å². The van der Waals surface area contributed by atoms with E-state index in [1.807, 2.05) is 18.0 Å². The number of hydrogen-bond acceptors (Lipinski definition) is 2. The van der Waals surface area contributed by atoms with Crippen LogP contribution in [0.15, 0.2) is 47.5 Å². The first kappa shape index (κ1) is 17.7. The van der Waals surface area contributed by atoms with Crippen LogP contribution in [0.3, 0.4) is 0 Å². The highest BCUT2D eigenvalue weighted by Crippen LogP contribution is 2.17. The Morgan fingerprint density at radius 3 is 2.58 bits per heavy atom. The molecule has 4 nitrogen and oxygen atoms in total. The quantitative estimate of drug-likeness (QED) is 0.674. The van der Waals surface area contributed by atoms with Crippen LogP contribution in [0, 0.1) is 11.6 Å². The molecule has 0 aliphatic carbocycles. The number of methoxy groups -OCH3 is 1. The van der Waals surface area contributed by atoms with Crippen LogP contribution in [0.5, 0.6) is 5.75 Å². The second kappa shape index (κ2) is 8.29. The van der Waals surface area contributed by atoms with Crippen LogP contribution in [-0.2, 0) is 13.1 Å².